The summed E-state index contributed by atoms with van der Waals surface area (Å²) in [5, 5.41) is 9.29. The Bertz CT molecular complexity index is 791. The molecule has 0 saturated heterocycles. The van der Waals surface area contributed by atoms with E-state index in [0.717, 1.165) is 12.1 Å². The van der Waals surface area contributed by atoms with Crippen LogP contribution in [0.25, 0.3) is 11.6 Å². The van der Waals surface area contributed by atoms with Crippen molar-refractivity contribution in [2.75, 3.05) is 14.2 Å². The van der Waals surface area contributed by atoms with Crippen molar-refractivity contribution < 1.29 is 22.6 Å². The topological polar surface area (TPSA) is 55.1 Å². The molecular formula is C17H13F3N2O2. The van der Waals surface area contributed by atoms with E-state index in [1.54, 1.807) is 18.2 Å². The Labute approximate surface area is 136 Å². The number of pyridine rings is 1. The highest BCUT2D eigenvalue weighted by molar-refractivity contribution is 5.89. The van der Waals surface area contributed by atoms with Crippen molar-refractivity contribution in [2.24, 2.45) is 0 Å². The summed E-state index contributed by atoms with van der Waals surface area (Å²) in [5.41, 5.74) is -0.0299. The molecule has 0 aliphatic heterocycles. The van der Waals surface area contributed by atoms with Crippen LogP contribution in [0.3, 0.4) is 0 Å². The first-order valence-electron chi connectivity index (χ1n) is 6.76. The zero-order chi connectivity index (χ0) is 17.7. The zero-order valence-electron chi connectivity index (χ0n) is 12.9. The predicted octanol–water partition coefficient (Wildman–Crippen LogP) is 4.18. The first-order chi connectivity index (χ1) is 11.4. The minimum atomic E-state index is -4.47. The van der Waals surface area contributed by atoms with Crippen LogP contribution in [0.15, 0.2) is 36.5 Å². The number of benzene rings is 1. The standard InChI is InChI=1S/C17H13F3N2O2/c1-23-14-5-3-11(16(8-14)24-2)7-12(9-21)15-6-4-13(10-22-15)17(18,19)20/h3-8,10H,1-2H3/b12-7+. The lowest BCUT2D eigenvalue weighted by atomic mass is 10.1. The summed E-state index contributed by atoms with van der Waals surface area (Å²) >= 11 is 0. The van der Waals surface area contributed by atoms with E-state index < -0.39 is 11.7 Å². The van der Waals surface area contributed by atoms with Gasteiger partial charge in [-0.1, -0.05) is 0 Å². The summed E-state index contributed by atoms with van der Waals surface area (Å²) < 4.78 is 48.0. The molecule has 0 unspecified atom stereocenters. The number of nitriles is 1. The molecule has 1 heterocycles. The number of hydrogen-bond donors (Lipinski definition) is 0. The van der Waals surface area contributed by atoms with Crippen molar-refractivity contribution in [1.82, 2.24) is 4.98 Å². The lowest BCUT2D eigenvalue weighted by Crippen LogP contribution is -2.05. The van der Waals surface area contributed by atoms with Gasteiger partial charge in [0.05, 0.1) is 31.1 Å². The summed E-state index contributed by atoms with van der Waals surface area (Å²) in [4.78, 5) is 3.73. The van der Waals surface area contributed by atoms with Gasteiger partial charge in [-0.05, 0) is 30.3 Å². The maximum absolute atomic E-state index is 12.6. The molecule has 0 bridgehead atoms. The van der Waals surface area contributed by atoms with Gasteiger partial charge in [-0.3, -0.25) is 4.98 Å². The highest BCUT2D eigenvalue weighted by Crippen LogP contribution is 2.30. The van der Waals surface area contributed by atoms with Gasteiger partial charge in [0, 0.05) is 17.8 Å². The third-order valence-electron chi connectivity index (χ3n) is 3.23. The Morgan fingerprint density at radius 1 is 1.17 bits per heavy atom. The van der Waals surface area contributed by atoms with E-state index >= 15 is 0 Å². The molecule has 0 aliphatic rings. The second-order valence-electron chi connectivity index (χ2n) is 4.71. The number of allylic oxidation sites excluding steroid dienone is 1. The quantitative estimate of drug-likeness (QED) is 0.787. The maximum atomic E-state index is 12.6. The Balaban J connectivity index is 2.42. The third-order valence-corrected chi connectivity index (χ3v) is 3.23. The van der Waals surface area contributed by atoms with E-state index in [-0.39, 0.29) is 11.3 Å². The molecule has 0 radical (unpaired) electrons. The molecule has 0 atom stereocenters. The van der Waals surface area contributed by atoms with Crippen LogP contribution in [0.1, 0.15) is 16.8 Å². The molecule has 2 rings (SSSR count). The van der Waals surface area contributed by atoms with Crippen LogP contribution in [0, 0.1) is 11.3 Å². The summed E-state index contributed by atoms with van der Waals surface area (Å²) in [6.45, 7) is 0. The van der Waals surface area contributed by atoms with Gasteiger partial charge in [-0.2, -0.15) is 18.4 Å². The average Bonchev–Trinajstić information content (AvgIpc) is 2.59. The zero-order valence-corrected chi connectivity index (χ0v) is 12.9. The van der Waals surface area contributed by atoms with Crippen molar-refractivity contribution in [3.63, 3.8) is 0 Å². The van der Waals surface area contributed by atoms with E-state index in [1.807, 2.05) is 6.07 Å². The van der Waals surface area contributed by atoms with E-state index in [0.29, 0.717) is 23.3 Å². The minimum absolute atomic E-state index is 0.118. The number of ether oxygens (including phenoxy) is 2. The van der Waals surface area contributed by atoms with Crippen LogP contribution < -0.4 is 9.47 Å². The Morgan fingerprint density at radius 3 is 2.42 bits per heavy atom. The van der Waals surface area contributed by atoms with Crippen molar-refractivity contribution >= 4 is 11.6 Å². The molecule has 0 N–H and O–H groups in total. The molecule has 4 nitrogen and oxygen atoms in total. The van der Waals surface area contributed by atoms with Gasteiger partial charge in [-0.25, -0.2) is 0 Å². The summed E-state index contributed by atoms with van der Waals surface area (Å²) in [5.74, 6) is 1.05. The average molecular weight is 334 g/mol. The Kier molecular flexibility index (Phi) is 5.09. The first-order valence-corrected chi connectivity index (χ1v) is 6.76. The highest BCUT2D eigenvalue weighted by atomic mass is 19.4. The molecule has 1 aromatic carbocycles. The van der Waals surface area contributed by atoms with Crippen LogP contribution in [0.2, 0.25) is 0 Å². The van der Waals surface area contributed by atoms with E-state index in [1.165, 1.54) is 20.3 Å². The number of aromatic nitrogens is 1. The van der Waals surface area contributed by atoms with Crippen molar-refractivity contribution in [1.29, 1.82) is 5.26 Å². The lowest BCUT2D eigenvalue weighted by molar-refractivity contribution is -0.137. The molecule has 0 spiro atoms. The second-order valence-corrected chi connectivity index (χ2v) is 4.71. The molecule has 7 heteroatoms. The van der Waals surface area contributed by atoms with Gasteiger partial charge in [0.15, 0.2) is 0 Å². The number of rotatable bonds is 4. The molecule has 0 amide bonds. The van der Waals surface area contributed by atoms with E-state index in [4.69, 9.17) is 9.47 Å². The molecule has 0 fully saturated rings. The monoisotopic (exact) mass is 334 g/mol. The minimum Gasteiger partial charge on any atom is -0.497 e. The van der Waals surface area contributed by atoms with Gasteiger partial charge < -0.3 is 9.47 Å². The molecule has 0 saturated carbocycles. The summed E-state index contributed by atoms with van der Waals surface area (Å²) in [7, 11) is 2.98. The summed E-state index contributed by atoms with van der Waals surface area (Å²) in [6.07, 6.45) is -2.28. The van der Waals surface area contributed by atoms with Gasteiger partial charge in [0.1, 0.15) is 17.6 Å². The third kappa shape index (κ3) is 3.84. The van der Waals surface area contributed by atoms with Crippen LogP contribution in [0.4, 0.5) is 13.2 Å². The van der Waals surface area contributed by atoms with Crippen LogP contribution in [0.5, 0.6) is 11.5 Å². The predicted molar refractivity (Wildman–Crippen MR) is 82.3 cm³/mol. The van der Waals surface area contributed by atoms with Crippen LogP contribution in [-0.4, -0.2) is 19.2 Å². The molecule has 24 heavy (non-hydrogen) atoms. The molecule has 124 valence electrons. The van der Waals surface area contributed by atoms with Gasteiger partial charge in [-0.15, -0.1) is 0 Å². The Morgan fingerprint density at radius 2 is 1.92 bits per heavy atom. The van der Waals surface area contributed by atoms with Crippen LogP contribution in [-0.2, 0) is 6.18 Å². The number of nitrogens with zero attached hydrogens (tertiary/aromatic N) is 2. The van der Waals surface area contributed by atoms with Crippen molar-refractivity contribution in [3.8, 4) is 17.6 Å². The van der Waals surface area contributed by atoms with Gasteiger partial charge in [0.25, 0.3) is 0 Å². The molecule has 1 aromatic heterocycles. The normalized spacial score (nSPS) is 11.8. The van der Waals surface area contributed by atoms with Crippen LogP contribution >= 0.6 is 0 Å². The fourth-order valence-corrected chi connectivity index (χ4v) is 1.98. The number of halogens is 3. The smallest absolute Gasteiger partial charge is 0.417 e. The lowest BCUT2D eigenvalue weighted by Gasteiger charge is -2.09. The number of methoxy groups -OCH3 is 2. The SMILES string of the molecule is COc1ccc(/C=C(\C#N)c2ccc(C(F)(F)F)cn2)c(OC)c1. The van der Waals surface area contributed by atoms with Crippen molar-refractivity contribution in [2.45, 2.75) is 6.18 Å². The van der Waals surface area contributed by atoms with Crippen molar-refractivity contribution in [3.05, 3.63) is 53.3 Å². The highest BCUT2D eigenvalue weighted by Gasteiger charge is 2.30. The number of hydrogen-bond acceptors (Lipinski definition) is 4. The van der Waals surface area contributed by atoms with Gasteiger partial charge in [0.2, 0.25) is 0 Å². The van der Waals surface area contributed by atoms with Gasteiger partial charge >= 0.3 is 6.18 Å². The second kappa shape index (κ2) is 7.04. The maximum Gasteiger partial charge on any atom is 0.417 e. The summed E-state index contributed by atoms with van der Waals surface area (Å²) in [6, 6.07) is 8.99. The fraction of sp³-hybridized carbons (Fsp3) is 0.176. The molecule has 0 aliphatic carbocycles. The fourth-order valence-electron chi connectivity index (χ4n) is 1.98. The largest absolute Gasteiger partial charge is 0.497 e. The van der Waals surface area contributed by atoms with E-state index in [2.05, 4.69) is 4.98 Å². The molecular weight excluding hydrogens is 321 g/mol. The Hall–Kier alpha value is -3.01. The van der Waals surface area contributed by atoms with E-state index in [9.17, 15) is 18.4 Å². The first kappa shape index (κ1) is 17.3. The number of alkyl halides is 3. The molecule has 2 aromatic rings.